The molecule has 0 aliphatic carbocycles. The Labute approximate surface area is 112 Å². The van der Waals surface area contributed by atoms with E-state index in [0.29, 0.717) is 5.82 Å². The second-order valence-corrected chi connectivity index (χ2v) is 4.76. The van der Waals surface area contributed by atoms with Crippen LogP contribution in [0.5, 0.6) is 0 Å². The molecule has 94 valence electrons. The molecule has 1 unspecified atom stereocenters. The number of carbonyl (C=O) groups is 1. The molecule has 0 radical (unpaired) electrons. The van der Waals surface area contributed by atoms with Gasteiger partial charge >= 0.3 is 5.97 Å². The summed E-state index contributed by atoms with van der Waals surface area (Å²) in [6.45, 7) is 0. The molecule has 6 nitrogen and oxygen atoms in total. The van der Waals surface area contributed by atoms with Gasteiger partial charge in [0, 0.05) is 4.47 Å². The zero-order valence-corrected chi connectivity index (χ0v) is 11.2. The van der Waals surface area contributed by atoms with Gasteiger partial charge in [-0.25, -0.2) is 0 Å². The van der Waals surface area contributed by atoms with E-state index in [9.17, 15) is 4.79 Å². The van der Waals surface area contributed by atoms with Crippen molar-refractivity contribution in [3.05, 3.63) is 40.1 Å². The van der Waals surface area contributed by atoms with Crippen LogP contribution in [0.15, 0.2) is 28.7 Å². The second kappa shape index (κ2) is 5.26. The molecule has 1 N–H and O–H groups in total. The van der Waals surface area contributed by atoms with E-state index in [1.165, 1.54) is 4.80 Å². The summed E-state index contributed by atoms with van der Waals surface area (Å²) in [6.07, 6.45) is -0.0673. The van der Waals surface area contributed by atoms with Crippen molar-refractivity contribution in [3.8, 4) is 0 Å². The number of rotatable bonds is 4. The highest BCUT2D eigenvalue weighted by molar-refractivity contribution is 9.10. The maximum Gasteiger partial charge on any atom is 0.304 e. The van der Waals surface area contributed by atoms with E-state index in [1.807, 2.05) is 24.3 Å². The minimum Gasteiger partial charge on any atom is -0.481 e. The first-order valence-corrected chi connectivity index (χ1v) is 6.06. The van der Waals surface area contributed by atoms with Crippen molar-refractivity contribution in [1.29, 1.82) is 0 Å². The Morgan fingerprint density at radius 3 is 2.89 bits per heavy atom. The van der Waals surface area contributed by atoms with E-state index < -0.39 is 11.9 Å². The first kappa shape index (κ1) is 12.7. The SMILES string of the molecule is Cn1nnc(C(CC(=O)O)c2cccc(Br)c2)n1. The smallest absolute Gasteiger partial charge is 0.304 e. The lowest BCUT2D eigenvalue weighted by Crippen LogP contribution is -2.10. The fourth-order valence-corrected chi connectivity index (χ4v) is 2.11. The highest BCUT2D eigenvalue weighted by Gasteiger charge is 2.22. The molecule has 0 aliphatic heterocycles. The van der Waals surface area contributed by atoms with E-state index in [2.05, 4.69) is 31.3 Å². The summed E-state index contributed by atoms with van der Waals surface area (Å²) in [4.78, 5) is 12.3. The molecule has 1 aromatic heterocycles. The van der Waals surface area contributed by atoms with Gasteiger partial charge in [0.25, 0.3) is 0 Å². The maximum atomic E-state index is 11.0. The zero-order chi connectivity index (χ0) is 13.1. The first-order valence-electron chi connectivity index (χ1n) is 5.27. The monoisotopic (exact) mass is 310 g/mol. The quantitative estimate of drug-likeness (QED) is 0.927. The van der Waals surface area contributed by atoms with Crippen LogP contribution in [0.4, 0.5) is 0 Å². The van der Waals surface area contributed by atoms with Gasteiger partial charge in [-0.2, -0.15) is 4.80 Å². The van der Waals surface area contributed by atoms with Gasteiger partial charge in [0.2, 0.25) is 0 Å². The Bertz CT molecular complexity index is 570. The average Bonchev–Trinajstić information content (AvgIpc) is 2.72. The van der Waals surface area contributed by atoms with Gasteiger partial charge in [-0.1, -0.05) is 28.1 Å². The normalized spacial score (nSPS) is 12.3. The maximum absolute atomic E-state index is 11.0. The number of aromatic nitrogens is 4. The highest BCUT2D eigenvalue weighted by Crippen LogP contribution is 2.27. The average molecular weight is 311 g/mol. The molecule has 1 aromatic carbocycles. The first-order chi connectivity index (χ1) is 8.56. The minimum absolute atomic E-state index is 0.0673. The predicted molar refractivity (Wildman–Crippen MR) is 67.0 cm³/mol. The number of aliphatic carboxylic acids is 1. The molecule has 1 atom stereocenters. The van der Waals surface area contributed by atoms with E-state index in [1.54, 1.807) is 7.05 Å². The molecule has 18 heavy (non-hydrogen) atoms. The summed E-state index contributed by atoms with van der Waals surface area (Å²) in [5.74, 6) is -0.876. The van der Waals surface area contributed by atoms with E-state index in [0.717, 1.165) is 10.0 Å². The van der Waals surface area contributed by atoms with Crippen LogP contribution in [-0.4, -0.2) is 31.3 Å². The third-order valence-electron chi connectivity index (χ3n) is 2.47. The van der Waals surface area contributed by atoms with E-state index >= 15 is 0 Å². The molecule has 0 fully saturated rings. The summed E-state index contributed by atoms with van der Waals surface area (Å²) in [5, 5.41) is 20.7. The van der Waals surface area contributed by atoms with Gasteiger partial charge in [-0.05, 0) is 22.9 Å². The third-order valence-corrected chi connectivity index (χ3v) is 2.96. The molecule has 0 bridgehead atoms. The van der Waals surface area contributed by atoms with Gasteiger partial charge in [0.1, 0.15) is 0 Å². The largest absolute Gasteiger partial charge is 0.481 e. The predicted octanol–water partition coefficient (Wildman–Crippen LogP) is 1.58. The number of halogens is 1. The van der Waals surface area contributed by atoms with Crippen molar-refractivity contribution in [2.75, 3.05) is 0 Å². The second-order valence-electron chi connectivity index (χ2n) is 3.84. The Morgan fingerprint density at radius 2 is 2.33 bits per heavy atom. The van der Waals surface area contributed by atoms with Crippen molar-refractivity contribution in [2.45, 2.75) is 12.3 Å². The van der Waals surface area contributed by atoms with E-state index in [4.69, 9.17) is 5.11 Å². The summed E-state index contributed by atoms with van der Waals surface area (Å²) in [5.41, 5.74) is 0.847. The zero-order valence-electron chi connectivity index (χ0n) is 9.62. The fourth-order valence-electron chi connectivity index (χ4n) is 1.69. The number of nitrogens with zero attached hydrogens (tertiary/aromatic N) is 4. The van der Waals surface area contributed by atoms with Gasteiger partial charge in [0.05, 0.1) is 19.4 Å². The molecule has 0 saturated carbocycles. The highest BCUT2D eigenvalue weighted by atomic mass is 79.9. The Balaban J connectivity index is 2.39. The molecule has 7 heteroatoms. The summed E-state index contributed by atoms with van der Waals surface area (Å²) < 4.78 is 0.888. The lowest BCUT2D eigenvalue weighted by molar-refractivity contribution is -0.137. The minimum atomic E-state index is -0.896. The van der Waals surface area contributed by atoms with Crippen LogP contribution < -0.4 is 0 Å². The lowest BCUT2D eigenvalue weighted by atomic mass is 9.95. The summed E-state index contributed by atoms with van der Waals surface area (Å²) in [6, 6.07) is 7.45. The number of hydrogen-bond donors (Lipinski definition) is 1. The number of carboxylic acids is 1. The number of hydrogen-bond acceptors (Lipinski definition) is 4. The lowest BCUT2D eigenvalue weighted by Gasteiger charge is -2.11. The van der Waals surface area contributed by atoms with Crippen LogP contribution in [0.25, 0.3) is 0 Å². The van der Waals surface area contributed by atoms with Crippen molar-refractivity contribution >= 4 is 21.9 Å². The molecular weight excluding hydrogens is 300 g/mol. The molecule has 2 aromatic rings. The van der Waals surface area contributed by atoms with Gasteiger partial charge < -0.3 is 5.11 Å². The van der Waals surface area contributed by atoms with Crippen LogP contribution in [0, 0.1) is 0 Å². The van der Waals surface area contributed by atoms with Crippen LogP contribution >= 0.6 is 15.9 Å². The van der Waals surface area contributed by atoms with Crippen molar-refractivity contribution < 1.29 is 9.90 Å². The molecule has 0 saturated heterocycles. The Hall–Kier alpha value is -1.76. The molecule has 0 aliphatic rings. The topological polar surface area (TPSA) is 80.9 Å². The van der Waals surface area contributed by atoms with Crippen LogP contribution in [0.1, 0.15) is 23.7 Å². The molecule has 2 rings (SSSR count). The number of aryl methyl sites for hydroxylation is 1. The van der Waals surface area contributed by atoms with Gasteiger partial charge in [0.15, 0.2) is 5.82 Å². The molecule has 0 amide bonds. The van der Waals surface area contributed by atoms with Crippen LogP contribution in [0.2, 0.25) is 0 Å². The molecule has 1 heterocycles. The third kappa shape index (κ3) is 2.92. The standard InChI is InChI=1S/C11H11BrN4O2/c1-16-14-11(13-15-16)9(6-10(17)18)7-3-2-4-8(12)5-7/h2-5,9H,6H2,1H3,(H,17,18). The van der Waals surface area contributed by atoms with Crippen molar-refractivity contribution in [2.24, 2.45) is 7.05 Å². The van der Waals surface area contributed by atoms with Crippen molar-refractivity contribution in [1.82, 2.24) is 20.2 Å². The number of benzene rings is 1. The summed E-state index contributed by atoms with van der Waals surface area (Å²) >= 11 is 3.37. The Kier molecular flexibility index (Phi) is 3.71. The van der Waals surface area contributed by atoms with Crippen LogP contribution in [0.3, 0.4) is 0 Å². The summed E-state index contributed by atoms with van der Waals surface area (Å²) in [7, 11) is 1.65. The van der Waals surface area contributed by atoms with Gasteiger partial charge in [-0.15, -0.1) is 10.2 Å². The van der Waals surface area contributed by atoms with Crippen LogP contribution in [-0.2, 0) is 11.8 Å². The van der Waals surface area contributed by atoms with Crippen molar-refractivity contribution in [3.63, 3.8) is 0 Å². The van der Waals surface area contributed by atoms with Gasteiger partial charge in [-0.3, -0.25) is 4.79 Å². The number of carboxylic acid groups (broad SMARTS) is 1. The van der Waals surface area contributed by atoms with E-state index in [-0.39, 0.29) is 6.42 Å². The molecular formula is C11H11BrN4O2. The number of tetrazole rings is 1. The Morgan fingerprint density at radius 1 is 1.56 bits per heavy atom. The molecule has 0 spiro atoms. The fraction of sp³-hybridized carbons (Fsp3) is 0.273.